The molecule has 0 saturated heterocycles. The van der Waals surface area contributed by atoms with Crippen molar-refractivity contribution < 1.29 is 5.11 Å². The van der Waals surface area contributed by atoms with Crippen molar-refractivity contribution in [2.45, 2.75) is 12.5 Å². The predicted molar refractivity (Wildman–Crippen MR) is 30.4 cm³/mol. The molecule has 0 radical (unpaired) electrons. The summed E-state index contributed by atoms with van der Waals surface area (Å²) in [5, 5.41) is 8.65. The zero-order valence-corrected chi connectivity index (χ0v) is 4.86. The third-order valence-corrected chi connectivity index (χ3v) is 0.933. The number of alkyl halides is 1. The quantitative estimate of drug-likeness (QED) is 0.517. The number of halogens is 1. The summed E-state index contributed by atoms with van der Waals surface area (Å²) >= 11 is 5.26. The van der Waals surface area contributed by atoms with Gasteiger partial charge >= 0.3 is 0 Å². The van der Waals surface area contributed by atoms with Crippen molar-refractivity contribution in [2.75, 3.05) is 12.4 Å². The highest BCUT2D eigenvalue weighted by molar-refractivity contribution is 6.17. The molecule has 0 aliphatic heterocycles. The molecule has 0 aromatic heterocycles. The maximum Gasteiger partial charge on any atom is 0.0673 e. The van der Waals surface area contributed by atoms with Gasteiger partial charge in [-0.1, -0.05) is 0 Å². The first-order valence-corrected chi connectivity index (χ1v) is 2.78. The van der Waals surface area contributed by atoms with Crippen LogP contribution < -0.4 is 5.73 Å². The fraction of sp³-hybridized carbons (Fsp3) is 1.00. The lowest BCUT2D eigenvalue weighted by Gasteiger charge is -2.00. The van der Waals surface area contributed by atoms with Crippen molar-refractivity contribution in [1.29, 1.82) is 0 Å². The number of aliphatic hydroxyl groups is 1. The first kappa shape index (κ1) is 7.21. The van der Waals surface area contributed by atoms with Crippen molar-refractivity contribution in [2.24, 2.45) is 5.73 Å². The third-order valence-electron chi connectivity index (χ3n) is 0.714. The number of rotatable bonds is 3. The van der Waals surface area contributed by atoms with Gasteiger partial charge in [0.25, 0.3) is 0 Å². The molecular formula is C4H10ClNO. The number of hydrogen-bond donors (Lipinski definition) is 2. The van der Waals surface area contributed by atoms with E-state index >= 15 is 0 Å². The standard InChI is InChI=1S/C4H10ClNO/c5-2-1-4(7)3-6/h4,7H,1-3,6H2/t4-/m0/s1. The van der Waals surface area contributed by atoms with Gasteiger partial charge in [-0.3, -0.25) is 0 Å². The van der Waals surface area contributed by atoms with Crippen LogP contribution in [0, 0.1) is 0 Å². The second-order valence-electron chi connectivity index (χ2n) is 1.37. The van der Waals surface area contributed by atoms with E-state index in [2.05, 4.69) is 0 Å². The molecule has 0 saturated carbocycles. The van der Waals surface area contributed by atoms with E-state index in [1.807, 2.05) is 0 Å². The van der Waals surface area contributed by atoms with Crippen LogP contribution in [0.1, 0.15) is 6.42 Å². The van der Waals surface area contributed by atoms with Crippen molar-refractivity contribution in [3.8, 4) is 0 Å². The molecule has 0 heterocycles. The summed E-state index contributed by atoms with van der Waals surface area (Å²) in [5.41, 5.74) is 5.05. The highest BCUT2D eigenvalue weighted by Crippen LogP contribution is 1.89. The van der Waals surface area contributed by atoms with Crippen LogP contribution in [0.25, 0.3) is 0 Å². The van der Waals surface area contributed by atoms with Gasteiger partial charge in [-0.05, 0) is 6.42 Å². The van der Waals surface area contributed by atoms with E-state index in [4.69, 9.17) is 22.4 Å². The molecule has 0 aliphatic carbocycles. The number of aliphatic hydroxyl groups excluding tert-OH is 1. The lowest BCUT2D eigenvalue weighted by Crippen LogP contribution is -2.19. The first-order chi connectivity index (χ1) is 3.31. The Kier molecular flexibility index (Phi) is 4.50. The van der Waals surface area contributed by atoms with E-state index in [0.29, 0.717) is 18.8 Å². The lowest BCUT2D eigenvalue weighted by atomic mass is 10.3. The van der Waals surface area contributed by atoms with Gasteiger partial charge in [0.15, 0.2) is 0 Å². The molecule has 0 aromatic carbocycles. The Hall–Kier alpha value is 0.210. The summed E-state index contributed by atoms with van der Waals surface area (Å²) < 4.78 is 0. The maximum atomic E-state index is 8.65. The van der Waals surface area contributed by atoms with Gasteiger partial charge in [0.05, 0.1) is 6.10 Å². The zero-order chi connectivity index (χ0) is 5.70. The minimum absolute atomic E-state index is 0.312. The molecule has 1 atom stereocenters. The smallest absolute Gasteiger partial charge is 0.0673 e. The highest BCUT2D eigenvalue weighted by atomic mass is 35.5. The molecule has 3 heteroatoms. The summed E-state index contributed by atoms with van der Waals surface area (Å²) in [6, 6.07) is 0. The molecule has 44 valence electrons. The number of hydrogen-bond acceptors (Lipinski definition) is 2. The molecule has 3 N–H and O–H groups in total. The largest absolute Gasteiger partial charge is 0.392 e. The summed E-state index contributed by atoms with van der Waals surface area (Å²) in [6.07, 6.45) is 0.190. The van der Waals surface area contributed by atoms with Crippen LogP contribution in [0.2, 0.25) is 0 Å². The van der Waals surface area contributed by atoms with Gasteiger partial charge in [-0.25, -0.2) is 0 Å². The molecule has 0 rings (SSSR count). The van der Waals surface area contributed by atoms with Gasteiger partial charge in [0.1, 0.15) is 0 Å². The first-order valence-electron chi connectivity index (χ1n) is 2.25. The van der Waals surface area contributed by atoms with Crippen LogP contribution in [0.15, 0.2) is 0 Å². The van der Waals surface area contributed by atoms with Crippen molar-refractivity contribution in [1.82, 2.24) is 0 Å². The normalized spacial score (nSPS) is 14.1. The monoisotopic (exact) mass is 123 g/mol. The molecule has 2 nitrogen and oxygen atoms in total. The van der Waals surface area contributed by atoms with Crippen LogP contribution in [-0.2, 0) is 0 Å². The highest BCUT2D eigenvalue weighted by Gasteiger charge is 1.95. The van der Waals surface area contributed by atoms with Gasteiger partial charge in [0, 0.05) is 12.4 Å². The lowest BCUT2D eigenvalue weighted by molar-refractivity contribution is 0.180. The van der Waals surface area contributed by atoms with E-state index < -0.39 is 6.10 Å². The molecule has 0 fully saturated rings. The average molecular weight is 124 g/mol. The van der Waals surface area contributed by atoms with Gasteiger partial charge in [-0.15, -0.1) is 11.6 Å². The van der Waals surface area contributed by atoms with Crippen molar-refractivity contribution >= 4 is 11.6 Å². The second kappa shape index (κ2) is 4.37. The second-order valence-corrected chi connectivity index (χ2v) is 1.75. The minimum atomic E-state index is -0.405. The molecule has 0 aromatic rings. The van der Waals surface area contributed by atoms with Crippen LogP contribution in [0.5, 0.6) is 0 Å². The van der Waals surface area contributed by atoms with Gasteiger partial charge < -0.3 is 10.8 Å². The zero-order valence-electron chi connectivity index (χ0n) is 4.10. The van der Waals surface area contributed by atoms with Crippen molar-refractivity contribution in [3.63, 3.8) is 0 Å². The SMILES string of the molecule is NC[C@@H](O)CCCl. The average Bonchev–Trinajstić information content (AvgIpc) is 1.68. The molecule has 0 bridgehead atoms. The maximum absolute atomic E-state index is 8.65. The van der Waals surface area contributed by atoms with E-state index in [0.717, 1.165) is 0 Å². The Balaban J connectivity index is 2.83. The van der Waals surface area contributed by atoms with Crippen molar-refractivity contribution in [3.05, 3.63) is 0 Å². The Morgan fingerprint density at radius 2 is 2.29 bits per heavy atom. The number of nitrogens with two attached hydrogens (primary N) is 1. The molecule has 0 spiro atoms. The van der Waals surface area contributed by atoms with E-state index in [1.54, 1.807) is 0 Å². The summed E-state index contributed by atoms with van der Waals surface area (Å²) in [7, 11) is 0. The van der Waals surface area contributed by atoms with Crippen LogP contribution in [0.4, 0.5) is 0 Å². The minimum Gasteiger partial charge on any atom is -0.392 e. The molecule has 0 aliphatic rings. The Morgan fingerprint density at radius 1 is 1.71 bits per heavy atom. The molecular weight excluding hydrogens is 114 g/mol. The summed E-state index contributed by atoms with van der Waals surface area (Å²) in [6.45, 7) is 0.312. The third kappa shape index (κ3) is 4.05. The molecule has 7 heavy (non-hydrogen) atoms. The van der Waals surface area contributed by atoms with E-state index in [9.17, 15) is 0 Å². The Bertz CT molecular complexity index is 42.7. The van der Waals surface area contributed by atoms with Gasteiger partial charge in [-0.2, -0.15) is 0 Å². The fourth-order valence-corrected chi connectivity index (χ4v) is 0.496. The van der Waals surface area contributed by atoms with Crippen LogP contribution in [-0.4, -0.2) is 23.6 Å². The van der Waals surface area contributed by atoms with E-state index in [-0.39, 0.29) is 0 Å². The van der Waals surface area contributed by atoms with Crippen LogP contribution >= 0.6 is 11.6 Å². The predicted octanol–water partition coefficient (Wildman–Crippen LogP) is -0.0651. The van der Waals surface area contributed by atoms with E-state index in [1.165, 1.54) is 0 Å². The summed E-state index contributed by atoms with van der Waals surface area (Å²) in [4.78, 5) is 0. The summed E-state index contributed by atoms with van der Waals surface area (Å²) in [5.74, 6) is 0.484. The topological polar surface area (TPSA) is 46.2 Å². The molecule has 0 unspecified atom stereocenters. The van der Waals surface area contributed by atoms with Crippen LogP contribution in [0.3, 0.4) is 0 Å². The fourth-order valence-electron chi connectivity index (χ4n) is 0.244. The Morgan fingerprint density at radius 3 is 2.43 bits per heavy atom. The Labute approximate surface area is 48.3 Å². The van der Waals surface area contributed by atoms with Gasteiger partial charge in [0.2, 0.25) is 0 Å². The molecule has 0 amide bonds.